The first-order valence-corrected chi connectivity index (χ1v) is 7.15. The van der Waals surface area contributed by atoms with Gasteiger partial charge in [-0.1, -0.05) is 54.1 Å². The van der Waals surface area contributed by atoms with E-state index in [1.807, 2.05) is 42.5 Å². The highest BCUT2D eigenvalue weighted by Crippen LogP contribution is 2.25. The molecule has 0 saturated carbocycles. The van der Waals surface area contributed by atoms with Gasteiger partial charge in [-0.05, 0) is 34.5 Å². The summed E-state index contributed by atoms with van der Waals surface area (Å²) in [6, 6.07) is 18.6. The highest BCUT2D eigenvalue weighted by atomic mass is 35.5. The monoisotopic (exact) mass is 312 g/mol. The molecule has 22 heavy (non-hydrogen) atoms. The smallest absolute Gasteiger partial charge is 0.339 e. The molecule has 3 rings (SSSR count). The number of benzene rings is 3. The van der Waals surface area contributed by atoms with Crippen molar-refractivity contribution in [3.8, 4) is 5.75 Å². The number of hydrogen-bond acceptors (Lipinski definition) is 2. The summed E-state index contributed by atoms with van der Waals surface area (Å²) >= 11 is 5.84. The third-order valence-corrected chi connectivity index (χ3v) is 3.67. The second-order valence-corrected chi connectivity index (χ2v) is 5.31. The number of carbonyl (C=O) groups is 1. The van der Waals surface area contributed by atoms with Gasteiger partial charge in [-0.25, -0.2) is 4.79 Å². The van der Waals surface area contributed by atoms with E-state index < -0.39 is 5.97 Å². The quantitative estimate of drug-likeness (QED) is 0.754. The van der Waals surface area contributed by atoms with Crippen LogP contribution < -0.4 is 4.74 Å². The van der Waals surface area contributed by atoms with E-state index >= 15 is 0 Å². The Morgan fingerprint density at radius 1 is 1.05 bits per heavy atom. The lowest BCUT2D eigenvalue weighted by Crippen LogP contribution is -2.03. The molecule has 0 aliphatic heterocycles. The van der Waals surface area contributed by atoms with Crippen LogP contribution in [0.3, 0.4) is 0 Å². The van der Waals surface area contributed by atoms with Gasteiger partial charge in [0.25, 0.3) is 0 Å². The number of carboxylic acids is 1. The van der Waals surface area contributed by atoms with Gasteiger partial charge in [0.15, 0.2) is 0 Å². The number of rotatable bonds is 4. The number of carboxylic acid groups (broad SMARTS) is 1. The summed E-state index contributed by atoms with van der Waals surface area (Å²) in [4.78, 5) is 11.3. The van der Waals surface area contributed by atoms with Crippen LogP contribution in [-0.4, -0.2) is 11.1 Å². The van der Waals surface area contributed by atoms with Crippen molar-refractivity contribution in [3.63, 3.8) is 0 Å². The molecule has 0 radical (unpaired) electrons. The van der Waals surface area contributed by atoms with Gasteiger partial charge in [-0.3, -0.25) is 0 Å². The molecule has 0 heterocycles. The molecule has 0 spiro atoms. The van der Waals surface area contributed by atoms with Crippen molar-refractivity contribution >= 4 is 28.3 Å². The summed E-state index contributed by atoms with van der Waals surface area (Å²) in [5.74, 6) is -0.750. The van der Waals surface area contributed by atoms with Gasteiger partial charge in [0.1, 0.15) is 17.9 Å². The lowest BCUT2D eigenvalue weighted by Gasteiger charge is -2.11. The number of halogens is 1. The first kappa shape index (κ1) is 14.4. The average molecular weight is 313 g/mol. The van der Waals surface area contributed by atoms with E-state index in [1.165, 1.54) is 6.07 Å². The van der Waals surface area contributed by atoms with Crippen LogP contribution in [-0.2, 0) is 6.61 Å². The fourth-order valence-electron chi connectivity index (χ4n) is 2.37. The average Bonchev–Trinajstić information content (AvgIpc) is 2.53. The highest BCUT2D eigenvalue weighted by Gasteiger charge is 2.12. The molecule has 0 atom stereocenters. The van der Waals surface area contributed by atoms with Gasteiger partial charge in [0.2, 0.25) is 0 Å². The predicted molar refractivity (Wildman–Crippen MR) is 86.7 cm³/mol. The molecule has 0 bridgehead atoms. The topological polar surface area (TPSA) is 46.5 Å². The van der Waals surface area contributed by atoms with E-state index in [0.717, 1.165) is 16.3 Å². The van der Waals surface area contributed by atoms with E-state index in [9.17, 15) is 9.90 Å². The third-order valence-electron chi connectivity index (χ3n) is 3.44. The molecule has 0 aromatic heterocycles. The van der Waals surface area contributed by atoms with Crippen molar-refractivity contribution in [2.45, 2.75) is 6.61 Å². The molecule has 3 aromatic rings. The maximum Gasteiger partial charge on any atom is 0.339 e. The Bertz CT molecular complexity index is 837. The Morgan fingerprint density at radius 3 is 2.64 bits per heavy atom. The van der Waals surface area contributed by atoms with Gasteiger partial charge < -0.3 is 9.84 Å². The fraction of sp³-hybridized carbons (Fsp3) is 0.0556. The normalized spacial score (nSPS) is 10.6. The summed E-state index contributed by atoms with van der Waals surface area (Å²) < 4.78 is 5.71. The van der Waals surface area contributed by atoms with Crippen molar-refractivity contribution in [3.05, 3.63) is 76.8 Å². The van der Waals surface area contributed by atoms with Crippen molar-refractivity contribution in [2.75, 3.05) is 0 Å². The third kappa shape index (κ3) is 2.90. The molecule has 0 amide bonds. The van der Waals surface area contributed by atoms with Crippen LogP contribution in [0.5, 0.6) is 5.75 Å². The summed E-state index contributed by atoms with van der Waals surface area (Å²) in [5, 5.41) is 11.8. The second kappa shape index (κ2) is 6.08. The molecule has 1 N–H and O–H groups in total. The van der Waals surface area contributed by atoms with Crippen LogP contribution in [0.15, 0.2) is 60.7 Å². The van der Waals surface area contributed by atoms with Crippen molar-refractivity contribution < 1.29 is 14.6 Å². The Hall–Kier alpha value is -2.52. The maximum atomic E-state index is 11.3. The van der Waals surface area contributed by atoms with Crippen molar-refractivity contribution in [1.29, 1.82) is 0 Å². The minimum Gasteiger partial charge on any atom is -0.488 e. The Kier molecular flexibility index (Phi) is 3.98. The SMILES string of the molecule is O=C(O)c1cc(Cl)ccc1OCc1cccc2ccccc12. The van der Waals surface area contributed by atoms with Crippen molar-refractivity contribution in [1.82, 2.24) is 0 Å². The van der Waals surface area contributed by atoms with Crippen LogP contribution in [0, 0.1) is 0 Å². The summed E-state index contributed by atoms with van der Waals surface area (Å²) in [6.45, 7) is 0.295. The molecular weight excluding hydrogens is 300 g/mol. The van der Waals surface area contributed by atoms with Crippen LogP contribution >= 0.6 is 11.6 Å². The molecule has 4 heteroatoms. The van der Waals surface area contributed by atoms with Gasteiger partial charge in [-0.2, -0.15) is 0 Å². The molecule has 110 valence electrons. The zero-order valence-electron chi connectivity index (χ0n) is 11.6. The summed E-state index contributed by atoms with van der Waals surface area (Å²) in [7, 11) is 0. The fourth-order valence-corrected chi connectivity index (χ4v) is 2.54. The van der Waals surface area contributed by atoms with Crippen LogP contribution in [0.1, 0.15) is 15.9 Å². The largest absolute Gasteiger partial charge is 0.488 e. The van der Waals surface area contributed by atoms with Gasteiger partial charge in [0.05, 0.1) is 0 Å². The van der Waals surface area contributed by atoms with Crippen LogP contribution in [0.4, 0.5) is 0 Å². The van der Waals surface area contributed by atoms with Gasteiger partial charge in [0, 0.05) is 5.02 Å². The molecule has 3 nitrogen and oxygen atoms in total. The highest BCUT2D eigenvalue weighted by molar-refractivity contribution is 6.31. The number of ether oxygens (including phenoxy) is 1. The lowest BCUT2D eigenvalue weighted by atomic mass is 10.1. The number of aromatic carboxylic acids is 1. The van der Waals surface area contributed by atoms with E-state index in [2.05, 4.69) is 0 Å². The Morgan fingerprint density at radius 2 is 1.82 bits per heavy atom. The van der Waals surface area contributed by atoms with Gasteiger partial charge >= 0.3 is 5.97 Å². The summed E-state index contributed by atoms with van der Waals surface area (Å²) in [6.07, 6.45) is 0. The molecule has 0 aliphatic rings. The van der Waals surface area contributed by atoms with E-state index in [4.69, 9.17) is 16.3 Å². The number of hydrogen-bond donors (Lipinski definition) is 1. The van der Waals surface area contributed by atoms with Crippen LogP contribution in [0.2, 0.25) is 5.02 Å². The molecule has 0 fully saturated rings. The molecule has 0 unspecified atom stereocenters. The van der Waals surface area contributed by atoms with E-state index in [-0.39, 0.29) is 5.56 Å². The molecule has 3 aromatic carbocycles. The maximum absolute atomic E-state index is 11.3. The Labute approximate surface area is 132 Å². The predicted octanol–water partition coefficient (Wildman–Crippen LogP) is 4.77. The lowest BCUT2D eigenvalue weighted by molar-refractivity contribution is 0.0692. The van der Waals surface area contributed by atoms with Crippen LogP contribution in [0.25, 0.3) is 10.8 Å². The standard InChI is InChI=1S/C18H13ClO3/c19-14-8-9-17(16(10-14)18(20)21)22-11-13-6-3-5-12-4-1-2-7-15(12)13/h1-10H,11H2,(H,20,21). The van der Waals surface area contributed by atoms with E-state index in [1.54, 1.807) is 12.1 Å². The van der Waals surface area contributed by atoms with E-state index in [0.29, 0.717) is 17.4 Å². The molecule has 0 saturated heterocycles. The van der Waals surface area contributed by atoms with Crippen molar-refractivity contribution in [2.24, 2.45) is 0 Å². The minimum atomic E-state index is -1.06. The zero-order valence-corrected chi connectivity index (χ0v) is 12.4. The summed E-state index contributed by atoms with van der Waals surface area (Å²) in [5.41, 5.74) is 1.07. The first-order valence-electron chi connectivity index (χ1n) is 6.77. The Balaban J connectivity index is 1.90. The first-order chi connectivity index (χ1) is 10.6. The molecular formula is C18H13ClO3. The number of fused-ring (bicyclic) bond motifs is 1. The van der Waals surface area contributed by atoms with Gasteiger partial charge in [-0.15, -0.1) is 0 Å². The molecule has 0 aliphatic carbocycles. The second-order valence-electron chi connectivity index (χ2n) is 4.87. The zero-order chi connectivity index (χ0) is 15.5. The minimum absolute atomic E-state index is 0.0627.